The quantitative estimate of drug-likeness (QED) is 0.370. The van der Waals surface area contributed by atoms with Gasteiger partial charge in [0.05, 0.1) is 18.8 Å². The summed E-state index contributed by atoms with van der Waals surface area (Å²) in [5.74, 6) is -2.17. The van der Waals surface area contributed by atoms with E-state index in [0.29, 0.717) is 34.8 Å². The molecule has 2 heterocycles. The van der Waals surface area contributed by atoms with E-state index in [4.69, 9.17) is 9.47 Å². The molecule has 2 aromatic carbocycles. The number of hydrogen-bond acceptors (Lipinski definition) is 4. The maximum Gasteiger partial charge on any atom is 0.335 e. The van der Waals surface area contributed by atoms with Crippen molar-refractivity contribution >= 4 is 27.8 Å². The van der Waals surface area contributed by atoms with E-state index < -0.39 is 23.2 Å². The van der Waals surface area contributed by atoms with E-state index in [0.717, 1.165) is 11.3 Å². The number of carbonyl (C=O) groups is 1. The van der Waals surface area contributed by atoms with Crippen LogP contribution in [-0.4, -0.2) is 45.7 Å². The van der Waals surface area contributed by atoms with Gasteiger partial charge < -0.3 is 19.1 Å². The van der Waals surface area contributed by atoms with E-state index in [1.54, 1.807) is 18.3 Å². The second-order valence-electron chi connectivity index (χ2n) is 9.47. The van der Waals surface area contributed by atoms with Crippen LogP contribution in [0.1, 0.15) is 56.2 Å². The number of fused-ring (bicyclic) bond motifs is 2. The Morgan fingerprint density at radius 3 is 2.69 bits per heavy atom. The third kappa shape index (κ3) is 3.40. The summed E-state index contributed by atoms with van der Waals surface area (Å²) < 4.78 is 43.0. The molecule has 0 unspecified atom stereocenters. The predicted molar refractivity (Wildman–Crippen MR) is 127 cm³/mol. The third-order valence-electron chi connectivity index (χ3n) is 7.28. The van der Waals surface area contributed by atoms with Gasteiger partial charge in [-0.15, -0.1) is 0 Å². The standard InChI is InChI=1S/C26H27F2N3O4/c1-13(2)24-20(14-7-8-26(11-14,35-4)25(32)33)21-18(9-15-12-29-30-23(15)22(21)28)31(24)16-5-6-17(27)19(10-16)34-3/h5-6,9-10,12-14H,7-8,11H2,1-4H3,(H,29,30)(H,32,33)/t14-,26+/m1/s1. The van der Waals surface area contributed by atoms with Gasteiger partial charge >= 0.3 is 5.97 Å². The number of rotatable bonds is 6. The number of ether oxygens (including phenoxy) is 2. The molecule has 2 aromatic heterocycles. The minimum atomic E-state index is -1.32. The van der Waals surface area contributed by atoms with Crippen molar-refractivity contribution in [2.75, 3.05) is 14.2 Å². The molecule has 1 aliphatic carbocycles. The van der Waals surface area contributed by atoms with E-state index in [9.17, 15) is 14.3 Å². The van der Waals surface area contributed by atoms with Crippen molar-refractivity contribution in [3.63, 3.8) is 0 Å². The van der Waals surface area contributed by atoms with Gasteiger partial charge in [0, 0.05) is 35.3 Å². The minimum Gasteiger partial charge on any atom is -0.494 e. The fourth-order valence-corrected chi connectivity index (χ4v) is 5.62. The van der Waals surface area contributed by atoms with Crippen molar-refractivity contribution in [2.45, 2.75) is 50.5 Å². The molecule has 0 radical (unpaired) electrons. The summed E-state index contributed by atoms with van der Waals surface area (Å²) in [4.78, 5) is 12.1. The number of aliphatic carboxylic acids is 1. The van der Waals surface area contributed by atoms with E-state index in [2.05, 4.69) is 10.2 Å². The molecule has 2 N–H and O–H groups in total. The fourth-order valence-electron chi connectivity index (χ4n) is 5.62. The lowest BCUT2D eigenvalue weighted by atomic mass is 9.89. The second-order valence-corrected chi connectivity index (χ2v) is 9.47. The first-order chi connectivity index (χ1) is 16.7. The number of H-pyrrole nitrogens is 1. The van der Waals surface area contributed by atoms with Gasteiger partial charge in [0.15, 0.2) is 23.0 Å². The van der Waals surface area contributed by atoms with Gasteiger partial charge in [-0.3, -0.25) is 5.10 Å². The lowest BCUT2D eigenvalue weighted by Gasteiger charge is -2.23. The molecule has 1 aliphatic rings. The fraction of sp³-hybridized carbons (Fsp3) is 0.385. The molecule has 2 atom stereocenters. The number of hydrogen-bond donors (Lipinski definition) is 2. The van der Waals surface area contributed by atoms with Gasteiger partial charge in [-0.1, -0.05) is 13.8 Å². The van der Waals surface area contributed by atoms with Crippen LogP contribution in [-0.2, 0) is 9.53 Å². The Morgan fingerprint density at radius 1 is 1.29 bits per heavy atom. The van der Waals surface area contributed by atoms with Crippen LogP contribution in [0.15, 0.2) is 30.5 Å². The molecule has 1 saturated carbocycles. The topological polar surface area (TPSA) is 89.4 Å². The monoisotopic (exact) mass is 483 g/mol. The molecule has 7 nitrogen and oxygen atoms in total. The Morgan fingerprint density at radius 2 is 2.06 bits per heavy atom. The molecular formula is C26H27F2N3O4. The number of carboxylic acid groups (broad SMARTS) is 1. The smallest absolute Gasteiger partial charge is 0.335 e. The summed E-state index contributed by atoms with van der Waals surface area (Å²) in [6, 6.07) is 6.41. The van der Waals surface area contributed by atoms with Gasteiger partial charge in [-0.2, -0.15) is 5.10 Å². The van der Waals surface area contributed by atoms with Crippen LogP contribution in [0.5, 0.6) is 5.75 Å². The van der Waals surface area contributed by atoms with Gasteiger partial charge in [0.1, 0.15) is 5.52 Å². The van der Waals surface area contributed by atoms with Gasteiger partial charge in [0.2, 0.25) is 0 Å². The predicted octanol–water partition coefficient (Wildman–Crippen LogP) is 5.65. The number of benzene rings is 2. The van der Waals surface area contributed by atoms with Crippen LogP contribution >= 0.6 is 0 Å². The zero-order valence-electron chi connectivity index (χ0n) is 20.0. The number of aromatic amines is 1. The third-order valence-corrected chi connectivity index (χ3v) is 7.28. The van der Waals surface area contributed by atoms with Crippen LogP contribution < -0.4 is 4.74 Å². The number of methoxy groups -OCH3 is 2. The molecule has 0 saturated heterocycles. The normalized spacial score (nSPS) is 20.4. The van der Waals surface area contributed by atoms with Crippen molar-refractivity contribution in [3.8, 4) is 11.4 Å². The zero-order valence-corrected chi connectivity index (χ0v) is 20.0. The van der Waals surface area contributed by atoms with Crippen molar-refractivity contribution in [2.24, 2.45) is 0 Å². The average Bonchev–Trinajstić information content (AvgIpc) is 3.55. The van der Waals surface area contributed by atoms with Crippen molar-refractivity contribution in [1.29, 1.82) is 0 Å². The zero-order chi connectivity index (χ0) is 25.1. The molecule has 35 heavy (non-hydrogen) atoms. The summed E-state index contributed by atoms with van der Waals surface area (Å²) in [7, 11) is 2.80. The number of nitrogens with zero attached hydrogens (tertiary/aromatic N) is 2. The number of halogens is 2. The van der Waals surface area contributed by atoms with Gasteiger partial charge in [-0.05, 0) is 54.9 Å². The first-order valence-corrected chi connectivity index (χ1v) is 11.5. The van der Waals surface area contributed by atoms with Crippen LogP contribution in [0.2, 0.25) is 0 Å². The molecule has 0 amide bonds. The Kier molecular flexibility index (Phi) is 5.55. The summed E-state index contributed by atoms with van der Waals surface area (Å²) in [5.41, 5.74) is 1.80. The highest BCUT2D eigenvalue weighted by atomic mass is 19.1. The highest BCUT2D eigenvalue weighted by molar-refractivity contribution is 6.00. The van der Waals surface area contributed by atoms with E-state index in [1.165, 1.54) is 20.3 Å². The van der Waals surface area contributed by atoms with Crippen LogP contribution in [0.25, 0.3) is 27.5 Å². The van der Waals surface area contributed by atoms with Crippen molar-refractivity contribution < 1.29 is 28.2 Å². The molecular weight excluding hydrogens is 456 g/mol. The Bertz CT molecular complexity index is 1460. The minimum absolute atomic E-state index is 0.0494. The van der Waals surface area contributed by atoms with Crippen LogP contribution in [0.4, 0.5) is 8.78 Å². The summed E-state index contributed by atoms with van der Waals surface area (Å²) >= 11 is 0. The largest absolute Gasteiger partial charge is 0.494 e. The van der Waals surface area contributed by atoms with Crippen LogP contribution in [0.3, 0.4) is 0 Å². The second kappa shape index (κ2) is 8.34. The maximum absolute atomic E-state index is 16.1. The van der Waals surface area contributed by atoms with E-state index in [-0.39, 0.29) is 29.5 Å². The SMILES string of the molecule is COc1cc(-n2c(C(C)C)c([C@@H]3CC[C@@](OC)(C(=O)O)C3)c3c(F)c4[nH]ncc4cc32)ccc1F. The molecule has 5 rings (SSSR count). The first kappa shape index (κ1) is 23.3. The number of aromatic nitrogens is 3. The number of carboxylic acids is 1. The summed E-state index contributed by atoms with van der Waals surface area (Å²) in [6.07, 6.45) is 2.65. The van der Waals surface area contributed by atoms with Crippen LogP contribution in [0, 0.1) is 11.6 Å². The Balaban J connectivity index is 1.87. The lowest BCUT2D eigenvalue weighted by Crippen LogP contribution is -2.37. The van der Waals surface area contributed by atoms with Crippen molar-refractivity contribution in [1.82, 2.24) is 14.8 Å². The summed E-state index contributed by atoms with van der Waals surface area (Å²) in [6.45, 7) is 4.02. The molecule has 4 aromatic rings. The van der Waals surface area contributed by atoms with Crippen molar-refractivity contribution in [3.05, 3.63) is 53.4 Å². The number of nitrogens with one attached hydrogen (secondary N) is 1. The molecule has 0 spiro atoms. The summed E-state index contributed by atoms with van der Waals surface area (Å²) in [5, 5.41) is 17.7. The molecule has 9 heteroatoms. The van der Waals surface area contributed by atoms with Gasteiger partial charge in [0.25, 0.3) is 0 Å². The lowest BCUT2D eigenvalue weighted by molar-refractivity contribution is -0.161. The molecule has 184 valence electrons. The highest BCUT2D eigenvalue weighted by Gasteiger charge is 2.48. The Hall–Kier alpha value is -3.46. The van der Waals surface area contributed by atoms with E-state index >= 15 is 4.39 Å². The molecule has 1 fully saturated rings. The van der Waals surface area contributed by atoms with Gasteiger partial charge in [-0.25, -0.2) is 13.6 Å². The molecule has 0 bridgehead atoms. The molecule has 0 aliphatic heterocycles. The average molecular weight is 484 g/mol. The first-order valence-electron chi connectivity index (χ1n) is 11.5. The van der Waals surface area contributed by atoms with E-state index in [1.807, 2.05) is 24.5 Å². The highest BCUT2D eigenvalue weighted by Crippen LogP contribution is 2.50. The maximum atomic E-state index is 16.1. The Labute approximate surface area is 200 Å².